The first-order valence-electron chi connectivity index (χ1n) is 12.4. The molecule has 36 heavy (non-hydrogen) atoms. The van der Waals surface area contributed by atoms with E-state index < -0.39 is 0 Å². The monoisotopic (exact) mass is 481 g/mol. The molecular formula is C26H27N9O. The van der Waals surface area contributed by atoms with E-state index in [9.17, 15) is 4.79 Å². The number of nitrogens with one attached hydrogen (secondary N) is 3. The Labute approximate surface area is 207 Å². The van der Waals surface area contributed by atoms with Crippen molar-refractivity contribution in [2.75, 3.05) is 23.3 Å². The van der Waals surface area contributed by atoms with Gasteiger partial charge in [-0.2, -0.15) is 5.10 Å². The van der Waals surface area contributed by atoms with Crippen molar-refractivity contribution in [3.8, 4) is 22.6 Å². The van der Waals surface area contributed by atoms with Gasteiger partial charge in [0.15, 0.2) is 11.5 Å². The fourth-order valence-electron chi connectivity index (χ4n) is 4.76. The van der Waals surface area contributed by atoms with Crippen molar-refractivity contribution in [2.45, 2.75) is 39.0 Å². The largest absolute Gasteiger partial charge is 0.368 e. The molecule has 1 aliphatic rings. The molecule has 0 aromatic carbocycles. The van der Waals surface area contributed by atoms with Gasteiger partial charge in [-0.15, -0.1) is 0 Å². The number of amides is 1. The Bertz CT molecular complexity index is 1550. The highest BCUT2D eigenvalue weighted by Gasteiger charge is 2.19. The Morgan fingerprint density at radius 3 is 2.72 bits per heavy atom. The number of aromatic nitrogens is 7. The minimum Gasteiger partial charge on any atom is -0.368 e. The van der Waals surface area contributed by atoms with Crippen molar-refractivity contribution in [3.63, 3.8) is 0 Å². The number of imidazole rings is 1. The van der Waals surface area contributed by atoms with E-state index in [0.717, 1.165) is 58.4 Å². The highest BCUT2D eigenvalue weighted by molar-refractivity contribution is 5.96. The average molecular weight is 482 g/mol. The molecule has 0 unspecified atom stereocenters. The van der Waals surface area contributed by atoms with E-state index in [-0.39, 0.29) is 5.91 Å². The summed E-state index contributed by atoms with van der Waals surface area (Å²) in [5.41, 5.74) is 6.61. The maximum absolute atomic E-state index is 12.0. The number of hydrogen-bond acceptors (Lipinski definition) is 7. The molecule has 0 spiro atoms. The van der Waals surface area contributed by atoms with Crippen molar-refractivity contribution in [2.24, 2.45) is 0 Å². The van der Waals surface area contributed by atoms with Gasteiger partial charge >= 0.3 is 0 Å². The summed E-state index contributed by atoms with van der Waals surface area (Å²) in [6.45, 7) is 4.02. The molecular weight excluding hydrogens is 454 g/mol. The van der Waals surface area contributed by atoms with Gasteiger partial charge in [-0.25, -0.2) is 9.97 Å². The molecule has 5 aromatic heterocycles. The van der Waals surface area contributed by atoms with Crippen LogP contribution in [0.3, 0.4) is 0 Å². The fourth-order valence-corrected chi connectivity index (χ4v) is 4.76. The topological polar surface area (TPSA) is 128 Å². The quantitative estimate of drug-likeness (QED) is 0.321. The lowest BCUT2D eigenvalue weighted by Gasteiger charge is -2.28. The van der Waals surface area contributed by atoms with E-state index in [0.29, 0.717) is 23.6 Å². The van der Waals surface area contributed by atoms with E-state index in [4.69, 9.17) is 4.98 Å². The van der Waals surface area contributed by atoms with Crippen molar-refractivity contribution in [3.05, 3.63) is 43.1 Å². The number of H-pyrrole nitrogens is 2. The molecule has 0 radical (unpaired) electrons. The Morgan fingerprint density at radius 2 is 1.86 bits per heavy atom. The van der Waals surface area contributed by atoms with E-state index in [1.807, 2.05) is 31.5 Å². The van der Waals surface area contributed by atoms with Gasteiger partial charge in [-0.3, -0.25) is 19.9 Å². The van der Waals surface area contributed by atoms with Gasteiger partial charge in [0.25, 0.3) is 0 Å². The third-order valence-electron chi connectivity index (χ3n) is 6.55. The number of rotatable bonds is 6. The number of hydrogen-bond donors (Lipinski definition) is 3. The maximum Gasteiger partial charge on any atom is 0.224 e. The lowest BCUT2D eigenvalue weighted by atomic mass is 10.1. The molecule has 1 saturated heterocycles. The Morgan fingerprint density at radius 1 is 1.03 bits per heavy atom. The average Bonchev–Trinajstić information content (AvgIpc) is 3.53. The molecule has 1 amide bonds. The smallest absolute Gasteiger partial charge is 0.224 e. The van der Waals surface area contributed by atoms with Crippen LogP contribution in [0.15, 0.2) is 43.1 Å². The number of pyridine rings is 3. The zero-order valence-corrected chi connectivity index (χ0v) is 20.1. The Balaban J connectivity index is 1.37. The van der Waals surface area contributed by atoms with Crippen LogP contribution in [-0.2, 0) is 4.79 Å². The number of carbonyl (C=O) groups is 1. The first-order chi connectivity index (χ1) is 17.7. The number of aromatic amines is 2. The molecule has 6 heterocycles. The first kappa shape index (κ1) is 22.1. The maximum atomic E-state index is 12.0. The van der Waals surface area contributed by atoms with Gasteiger partial charge in [-0.05, 0) is 37.8 Å². The molecule has 1 fully saturated rings. The number of nitrogens with zero attached hydrogens (tertiary/aromatic N) is 6. The molecule has 5 aromatic rings. The lowest BCUT2D eigenvalue weighted by Crippen LogP contribution is -2.29. The molecule has 1 aliphatic heterocycles. The minimum absolute atomic E-state index is 0.0227. The summed E-state index contributed by atoms with van der Waals surface area (Å²) in [4.78, 5) is 36.1. The molecule has 182 valence electrons. The van der Waals surface area contributed by atoms with E-state index in [2.05, 4.69) is 40.3 Å². The number of fused-ring (bicyclic) bond motifs is 2. The standard InChI is InChI=1S/C26H27N9O/c1-2-6-22(36)30-18-9-16(11-27-13-18)17-10-19-23(33-34-25(19)29-12-17)26-31-20-14-28-15-21(24(20)32-26)35-7-4-3-5-8-35/h9-15H,2-8H2,1H3,(H,30,36)(H,31,32)(H,29,33,34). The molecule has 6 rings (SSSR count). The second kappa shape index (κ2) is 9.37. The third kappa shape index (κ3) is 4.15. The normalized spacial score (nSPS) is 14.0. The van der Waals surface area contributed by atoms with Crippen molar-refractivity contribution in [1.82, 2.24) is 35.1 Å². The summed E-state index contributed by atoms with van der Waals surface area (Å²) in [6, 6.07) is 3.92. The zero-order chi connectivity index (χ0) is 24.5. The molecule has 3 N–H and O–H groups in total. The van der Waals surface area contributed by atoms with Gasteiger partial charge in [0, 0.05) is 43.0 Å². The van der Waals surface area contributed by atoms with Crippen molar-refractivity contribution >= 4 is 39.3 Å². The summed E-state index contributed by atoms with van der Waals surface area (Å²) >= 11 is 0. The van der Waals surface area contributed by atoms with Crippen LogP contribution in [0.2, 0.25) is 0 Å². The zero-order valence-electron chi connectivity index (χ0n) is 20.1. The summed E-state index contributed by atoms with van der Waals surface area (Å²) in [6.07, 6.45) is 13.8. The van der Waals surface area contributed by atoms with Crippen LogP contribution in [0.5, 0.6) is 0 Å². The van der Waals surface area contributed by atoms with Crippen LogP contribution in [0, 0.1) is 0 Å². The number of anilines is 2. The van der Waals surface area contributed by atoms with Gasteiger partial charge in [-0.1, -0.05) is 6.92 Å². The van der Waals surface area contributed by atoms with Gasteiger partial charge < -0.3 is 15.2 Å². The molecule has 10 nitrogen and oxygen atoms in total. The second-order valence-electron chi connectivity index (χ2n) is 9.14. The van der Waals surface area contributed by atoms with Gasteiger partial charge in [0.2, 0.25) is 5.91 Å². The summed E-state index contributed by atoms with van der Waals surface area (Å²) < 4.78 is 0. The summed E-state index contributed by atoms with van der Waals surface area (Å²) in [7, 11) is 0. The summed E-state index contributed by atoms with van der Waals surface area (Å²) in [5.74, 6) is 0.668. The van der Waals surface area contributed by atoms with Crippen LogP contribution >= 0.6 is 0 Å². The molecule has 0 saturated carbocycles. The predicted molar refractivity (Wildman–Crippen MR) is 140 cm³/mol. The van der Waals surface area contributed by atoms with Crippen LogP contribution in [0.4, 0.5) is 11.4 Å². The predicted octanol–water partition coefficient (Wildman–Crippen LogP) is 4.69. The molecule has 0 bridgehead atoms. The SMILES string of the molecule is CCCC(=O)Nc1cncc(-c2cnc3n[nH]c(-c4nc5c(N6CCCCC6)cncc5[nH]4)c3c2)c1. The third-order valence-corrected chi connectivity index (χ3v) is 6.55. The minimum atomic E-state index is -0.0227. The van der Waals surface area contributed by atoms with Crippen LogP contribution < -0.4 is 10.2 Å². The molecule has 10 heteroatoms. The molecule has 0 atom stereocenters. The van der Waals surface area contributed by atoms with E-state index >= 15 is 0 Å². The van der Waals surface area contributed by atoms with Gasteiger partial charge in [0.1, 0.15) is 11.2 Å². The highest BCUT2D eigenvalue weighted by atomic mass is 16.1. The van der Waals surface area contributed by atoms with Crippen molar-refractivity contribution in [1.29, 1.82) is 0 Å². The Hall–Kier alpha value is -4.34. The highest BCUT2D eigenvalue weighted by Crippen LogP contribution is 2.32. The van der Waals surface area contributed by atoms with Crippen LogP contribution in [0.25, 0.3) is 44.7 Å². The number of piperidine rings is 1. The number of carbonyl (C=O) groups excluding carboxylic acids is 1. The van der Waals surface area contributed by atoms with Crippen LogP contribution in [-0.4, -0.2) is 54.1 Å². The first-order valence-corrected chi connectivity index (χ1v) is 12.4. The fraction of sp³-hybridized carbons (Fsp3) is 0.308. The van der Waals surface area contributed by atoms with Gasteiger partial charge in [0.05, 0.1) is 40.9 Å². The summed E-state index contributed by atoms with van der Waals surface area (Å²) in [5, 5.41) is 11.3. The van der Waals surface area contributed by atoms with E-state index in [1.54, 1.807) is 18.6 Å². The Kier molecular flexibility index (Phi) is 5.76. The second-order valence-corrected chi connectivity index (χ2v) is 9.14. The van der Waals surface area contributed by atoms with Crippen molar-refractivity contribution < 1.29 is 4.79 Å². The molecule has 0 aliphatic carbocycles. The van der Waals surface area contributed by atoms with E-state index in [1.165, 1.54) is 19.3 Å². The van der Waals surface area contributed by atoms with Crippen LogP contribution in [0.1, 0.15) is 39.0 Å². The lowest BCUT2D eigenvalue weighted by molar-refractivity contribution is -0.116.